The summed E-state index contributed by atoms with van der Waals surface area (Å²) in [5, 5.41) is 3.14. The lowest BCUT2D eigenvalue weighted by Gasteiger charge is -2.27. The van der Waals surface area contributed by atoms with E-state index in [2.05, 4.69) is 5.32 Å². The highest BCUT2D eigenvalue weighted by molar-refractivity contribution is 5.80. The predicted octanol–water partition coefficient (Wildman–Crippen LogP) is 1.51. The SMILES string of the molecule is Cc1ccc(NCC(=O)N2CCOCC2)cc1.[HH]. The second kappa shape index (κ2) is 5.68. The molecule has 0 saturated carbocycles. The number of carbonyl (C=O) groups is 1. The van der Waals surface area contributed by atoms with Crippen molar-refractivity contribution in [2.75, 3.05) is 38.2 Å². The summed E-state index contributed by atoms with van der Waals surface area (Å²) < 4.78 is 5.21. The molecule has 2 rings (SSSR count). The molecular formula is C13H20N2O2. The van der Waals surface area contributed by atoms with Crippen LogP contribution in [-0.4, -0.2) is 43.7 Å². The van der Waals surface area contributed by atoms with Crippen LogP contribution in [0, 0.1) is 6.92 Å². The molecule has 1 aromatic rings. The molecule has 0 bridgehead atoms. The number of nitrogens with zero attached hydrogens (tertiary/aromatic N) is 1. The normalized spacial score (nSPS) is 15.7. The van der Waals surface area contributed by atoms with Crippen LogP contribution in [0.2, 0.25) is 0 Å². The standard InChI is InChI=1S/C13H18N2O2.H2/c1-11-2-4-12(5-3-11)14-10-13(16)15-6-8-17-9-7-15;/h2-5,14H,6-10H2,1H3;1H. The largest absolute Gasteiger partial charge is 0.378 e. The summed E-state index contributed by atoms with van der Waals surface area (Å²) in [6.07, 6.45) is 0. The van der Waals surface area contributed by atoms with E-state index >= 15 is 0 Å². The van der Waals surface area contributed by atoms with E-state index < -0.39 is 0 Å². The van der Waals surface area contributed by atoms with Crippen molar-refractivity contribution in [2.24, 2.45) is 0 Å². The van der Waals surface area contributed by atoms with Gasteiger partial charge in [0.2, 0.25) is 5.91 Å². The first-order chi connectivity index (χ1) is 8.25. The van der Waals surface area contributed by atoms with E-state index in [1.807, 2.05) is 36.1 Å². The molecule has 1 saturated heterocycles. The van der Waals surface area contributed by atoms with Crippen LogP contribution in [0.5, 0.6) is 0 Å². The van der Waals surface area contributed by atoms with Crippen molar-refractivity contribution >= 4 is 11.6 Å². The second-order valence-electron chi connectivity index (χ2n) is 4.21. The Labute approximate surface area is 103 Å². The number of carbonyl (C=O) groups excluding carboxylic acids is 1. The Morgan fingerprint density at radius 1 is 1.35 bits per heavy atom. The van der Waals surface area contributed by atoms with E-state index in [-0.39, 0.29) is 7.33 Å². The molecule has 0 aliphatic carbocycles. The fourth-order valence-corrected chi connectivity index (χ4v) is 1.77. The average Bonchev–Trinajstić information content (AvgIpc) is 2.39. The number of amides is 1. The minimum Gasteiger partial charge on any atom is -0.378 e. The molecule has 17 heavy (non-hydrogen) atoms. The van der Waals surface area contributed by atoms with Gasteiger partial charge in [0.05, 0.1) is 19.8 Å². The molecule has 1 amide bonds. The Morgan fingerprint density at radius 2 is 2.00 bits per heavy atom. The second-order valence-corrected chi connectivity index (χ2v) is 4.21. The average molecular weight is 236 g/mol. The number of hydrogen-bond acceptors (Lipinski definition) is 3. The van der Waals surface area contributed by atoms with Gasteiger partial charge < -0.3 is 15.0 Å². The predicted molar refractivity (Wildman–Crippen MR) is 69.2 cm³/mol. The number of hydrogen-bond donors (Lipinski definition) is 1. The molecule has 1 fully saturated rings. The summed E-state index contributed by atoms with van der Waals surface area (Å²) in [7, 11) is 0. The Bertz CT molecular complexity index is 375. The van der Waals surface area contributed by atoms with Gasteiger partial charge in [-0.2, -0.15) is 0 Å². The van der Waals surface area contributed by atoms with Gasteiger partial charge in [0, 0.05) is 20.2 Å². The van der Waals surface area contributed by atoms with Crippen LogP contribution in [0.4, 0.5) is 5.69 Å². The Kier molecular flexibility index (Phi) is 3.98. The first-order valence-electron chi connectivity index (χ1n) is 5.92. The minimum atomic E-state index is 0. The topological polar surface area (TPSA) is 41.6 Å². The lowest BCUT2D eigenvalue weighted by Crippen LogP contribution is -2.43. The zero-order valence-electron chi connectivity index (χ0n) is 10.1. The highest BCUT2D eigenvalue weighted by Gasteiger charge is 2.15. The van der Waals surface area contributed by atoms with Gasteiger partial charge in [0.15, 0.2) is 0 Å². The van der Waals surface area contributed by atoms with Gasteiger partial charge in [-0.1, -0.05) is 17.7 Å². The summed E-state index contributed by atoms with van der Waals surface area (Å²) in [5.41, 5.74) is 2.20. The molecule has 1 aromatic carbocycles. The molecule has 1 aliphatic heterocycles. The molecule has 1 N–H and O–H groups in total. The summed E-state index contributed by atoms with van der Waals surface area (Å²) in [6.45, 7) is 5.10. The fraction of sp³-hybridized carbons (Fsp3) is 0.462. The van der Waals surface area contributed by atoms with Crippen molar-refractivity contribution in [3.8, 4) is 0 Å². The first-order valence-corrected chi connectivity index (χ1v) is 5.92. The Hall–Kier alpha value is -1.55. The zero-order chi connectivity index (χ0) is 12.1. The number of nitrogens with one attached hydrogen (secondary N) is 1. The van der Waals surface area contributed by atoms with Crippen LogP contribution in [0.3, 0.4) is 0 Å². The molecule has 4 nitrogen and oxygen atoms in total. The van der Waals surface area contributed by atoms with Gasteiger partial charge in [0.1, 0.15) is 0 Å². The third kappa shape index (κ3) is 3.46. The van der Waals surface area contributed by atoms with Gasteiger partial charge >= 0.3 is 0 Å². The number of anilines is 1. The minimum absolute atomic E-state index is 0. The van der Waals surface area contributed by atoms with Gasteiger partial charge in [-0.05, 0) is 19.1 Å². The lowest BCUT2D eigenvalue weighted by molar-refractivity contribution is -0.133. The highest BCUT2D eigenvalue weighted by Crippen LogP contribution is 2.08. The third-order valence-electron chi connectivity index (χ3n) is 2.86. The van der Waals surface area contributed by atoms with Crippen molar-refractivity contribution in [3.05, 3.63) is 29.8 Å². The van der Waals surface area contributed by atoms with E-state index in [0.717, 1.165) is 5.69 Å². The van der Waals surface area contributed by atoms with Crippen LogP contribution in [0.1, 0.15) is 6.99 Å². The number of aryl methyl sites for hydroxylation is 1. The van der Waals surface area contributed by atoms with E-state index in [1.165, 1.54) is 5.56 Å². The fourth-order valence-electron chi connectivity index (χ4n) is 1.77. The van der Waals surface area contributed by atoms with Crippen LogP contribution in [0.25, 0.3) is 0 Å². The Morgan fingerprint density at radius 3 is 2.65 bits per heavy atom. The maximum Gasteiger partial charge on any atom is 0.242 e. The number of benzene rings is 1. The van der Waals surface area contributed by atoms with Crippen LogP contribution >= 0.6 is 0 Å². The lowest BCUT2D eigenvalue weighted by atomic mass is 10.2. The van der Waals surface area contributed by atoms with Gasteiger partial charge in [-0.25, -0.2) is 0 Å². The Balaban J connectivity index is 0.00000162. The van der Waals surface area contributed by atoms with E-state index in [1.54, 1.807) is 0 Å². The molecule has 0 unspecified atom stereocenters. The monoisotopic (exact) mass is 236 g/mol. The van der Waals surface area contributed by atoms with Crippen molar-refractivity contribution in [3.63, 3.8) is 0 Å². The zero-order valence-corrected chi connectivity index (χ0v) is 10.1. The summed E-state index contributed by atoms with van der Waals surface area (Å²) in [6, 6.07) is 8.03. The van der Waals surface area contributed by atoms with Crippen LogP contribution in [0.15, 0.2) is 24.3 Å². The quantitative estimate of drug-likeness (QED) is 0.865. The summed E-state index contributed by atoms with van der Waals surface area (Å²) >= 11 is 0. The molecule has 0 radical (unpaired) electrons. The maximum absolute atomic E-state index is 11.8. The van der Waals surface area contributed by atoms with Crippen LogP contribution in [-0.2, 0) is 9.53 Å². The van der Waals surface area contributed by atoms with Crippen molar-refractivity contribution in [1.29, 1.82) is 0 Å². The molecule has 0 aromatic heterocycles. The maximum atomic E-state index is 11.8. The molecule has 4 heteroatoms. The van der Waals surface area contributed by atoms with Crippen LogP contribution < -0.4 is 5.32 Å². The molecule has 0 atom stereocenters. The first kappa shape index (κ1) is 11.9. The summed E-state index contributed by atoms with van der Waals surface area (Å²) in [5.74, 6) is 0.133. The van der Waals surface area contributed by atoms with E-state index in [0.29, 0.717) is 32.8 Å². The highest BCUT2D eigenvalue weighted by atomic mass is 16.5. The number of rotatable bonds is 3. The van der Waals surface area contributed by atoms with Crippen molar-refractivity contribution in [2.45, 2.75) is 6.92 Å². The van der Waals surface area contributed by atoms with Gasteiger partial charge in [-0.15, -0.1) is 0 Å². The molecular weight excluding hydrogens is 216 g/mol. The smallest absolute Gasteiger partial charge is 0.242 e. The number of ether oxygens (including phenoxy) is 1. The molecule has 0 spiro atoms. The van der Waals surface area contributed by atoms with Gasteiger partial charge in [-0.3, -0.25) is 4.79 Å². The van der Waals surface area contributed by atoms with Crippen molar-refractivity contribution < 1.29 is 11.0 Å². The molecule has 94 valence electrons. The number of morpholine rings is 1. The molecule has 1 aliphatic rings. The van der Waals surface area contributed by atoms with Crippen molar-refractivity contribution in [1.82, 2.24) is 4.90 Å². The molecule has 1 heterocycles. The third-order valence-corrected chi connectivity index (χ3v) is 2.86. The van der Waals surface area contributed by atoms with E-state index in [9.17, 15) is 4.79 Å². The summed E-state index contributed by atoms with van der Waals surface area (Å²) in [4.78, 5) is 13.7. The van der Waals surface area contributed by atoms with E-state index in [4.69, 9.17) is 4.74 Å². The van der Waals surface area contributed by atoms with Gasteiger partial charge in [0.25, 0.3) is 0 Å².